The van der Waals surface area contributed by atoms with E-state index in [4.69, 9.17) is 19.2 Å². The summed E-state index contributed by atoms with van der Waals surface area (Å²) in [5.74, 6) is -3.56. The van der Waals surface area contributed by atoms with E-state index in [2.05, 4.69) is 46.9 Å². The van der Waals surface area contributed by atoms with Crippen LogP contribution in [0.2, 0.25) is 0 Å². The topological polar surface area (TPSA) is 189 Å². The number of hydrogen-bond acceptors (Lipinski definition) is 10. The molecule has 10 nitrogen and oxygen atoms in total. The van der Waals surface area contributed by atoms with Crippen LogP contribution >= 0.6 is 0 Å². The van der Waals surface area contributed by atoms with Crippen molar-refractivity contribution in [2.45, 2.75) is 20.8 Å². The monoisotopic (exact) mass is 423 g/mol. The zero-order valence-corrected chi connectivity index (χ0v) is 15.7. The van der Waals surface area contributed by atoms with Crippen LogP contribution in [-0.2, 0) is 50.6 Å². The zero-order valence-electron chi connectivity index (χ0n) is 14.6. The third-order valence-corrected chi connectivity index (χ3v) is 1.05. The predicted molar refractivity (Wildman–Crippen MR) is 82.2 cm³/mol. The smallest absolute Gasteiger partial charge is 0.545 e. The van der Waals surface area contributed by atoms with Gasteiger partial charge < -0.3 is 29.7 Å². The first kappa shape index (κ1) is 49.6. The summed E-state index contributed by atoms with van der Waals surface area (Å²) in [5.41, 5.74) is 0.194. The third-order valence-electron chi connectivity index (χ3n) is 1.05. The number of carbonyl (C=O) groups is 3. The van der Waals surface area contributed by atoms with E-state index in [-0.39, 0.29) is 33.8 Å². The fraction of sp³-hybridized carbons (Fsp3) is 0.188. The molecule has 0 atom stereocenters. The summed E-state index contributed by atoms with van der Waals surface area (Å²) in [7, 11) is 0. The minimum Gasteiger partial charge on any atom is -0.545 e. The molecule has 147 valence electrons. The van der Waals surface area contributed by atoms with Gasteiger partial charge in [-0.25, -0.2) is 0 Å². The number of carboxylic acid groups (broad SMARTS) is 3. The van der Waals surface area contributed by atoms with Gasteiger partial charge in [-0.2, -0.15) is 0 Å². The van der Waals surface area contributed by atoms with Crippen molar-refractivity contribution in [1.29, 1.82) is 0 Å². The molecule has 0 unspecified atom stereocenters. The maximum Gasteiger partial charge on any atom is 3.00 e. The Morgan fingerprint density at radius 3 is 0.556 bits per heavy atom. The predicted octanol–water partition coefficient (Wildman–Crippen LogP) is -3.65. The average Bonchev–Trinajstić information content (AvgIpc) is 2.62. The Hall–Kier alpha value is -3.17. The van der Waals surface area contributed by atoms with Crippen LogP contribution in [0.15, 0.2) is 36.5 Å². The minimum absolute atomic E-state index is 0. The van der Waals surface area contributed by atoms with E-state index in [1.807, 2.05) is 0 Å². The standard InChI is InChI=1S/3C4H6O2.4CO.Fe/c3*1-3(2)4(5)6;4*1-2;/h3*1H2,2H3,(H,5,6);;;;;/q;;;;;;;+3/p-3. The molecule has 0 aliphatic carbocycles. The van der Waals surface area contributed by atoms with Crippen molar-refractivity contribution in [2.24, 2.45) is 0 Å². The van der Waals surface area contributed by atoms with Crippen molar-refractivity contribution in [3.63, 3.8) is 0 Å². The van der Waals surface area contributed by atoms with Crippen molar-refractivity contribution in [3.8, 4) is 0 Å². The molecule has 0 aromatic carbocycles. The van der Waals surface area contributed by atoms with Gasteiger partial charge in [0, 0.05) is 0 Å². The summed E-state index contributed by atoms with van der Waals surface area (Å²) in [6.45, 7) is 31.4. The normalized spacial score (nSPS) is 5.59. The first-order chi connectivity index (χ1) is 11.9. The molecule has 0 spiro atoms. The average molecular weight is 423 g/mol. The van der Waals surface area contributed by atoms with E-state index in [9.17, 15) is 29.7 Å². The molecule has 0 aromatic rings. The van der Waals surface area contributed by atoms with E-state index < -0.39 is 17.9 Å². The van der Waals surface area contributed by atoms with Crippen LogP contribution in [0.3, 0.4) is 0 Å². The zero-order chi connectivity index (χ0) is 23.5. The van der Waals surface area contributed by atoms with Crippen LogP contribution in [0, 0.1) is 0 Å². The van der Waals surface area contributed by atoms with E-state index >= 15 is 0 Å². The molecule has 0 fully saturated rings. The van der Waals surface area contributed by atoms with Crippen molar-refractivity contribution in [2.75, 3.05) is 0 Å². The summed E-state index contributed by atoms with van der Waals surface area (Å²) in [4.78, 5) is 58.5. The molecule has 11 heteroatoms. The molecule has 0 aliphatic heterocycles. The summed E-state index contributed by atoms with van der Waals surface area (Å²) in [5, 5.41) is 28.5. The Morgan fingerprint density at radius 1 is 0.519 bits per heavy atom. The van der Waals surface area contributed by atoms with E-state index in [1.54, 1.807) is 0 Å². The molecule has 0 saturated heterocycles. The van der Waals surface area contributed by atoms with Gasteiger partial charge in [0.2, 0.25) is 0 Å². The van der Waals surface area contributed by atoms with Gasteiger partial charge in [0.25, 0.3) is 27.2 Å². The van der Waals surface area contributed by atoms with Gasteiger partial charge in [0.15, 0.2) is 0 Å². The van der Waals surface area contributed by atoms with Crippen molar-refractivity contribution in [3.05, 3.63) is 36.5 Å². The second-order valence-electron chi connectivity index (χ2n) is 3.20. The molecule has 27 heavy (non-hydrogen) atoms. The van der Waals surface area contributed by atoms with Crippen LogP contribution in [0.5, 0.6) is 0 Å². The first-order valence-electron chi connectivity index (χ1n) is 5.35. The maximum absolute atomic E-state index is 9.49. The van der Waals surface area contributed by atoms with Gasteiger partial charge >= 0.3 is 17.1 Å². The van der Waals surface area contributed by atoms with E-state index in [0.29, 0.717) is 0 Å². The molecule has 0 rings (SSSR count). The summed E-state index contributed by atoms with van der Waals surface area (Å²) in [6, 6.07) is 0. The fourth-order valence-corrected chi connectivity index (χ4v) is 0. The molecular weight excluding hydrogens is 408 g/mol. The van der Waals surface area contributed by atoms with E-state index in [1.165, 1.54) is 20.8 Å². The van der Waals surface area contributed by atoms with Gasteiger partial charge in [0.1, 0.15) is 0 Å². The van der Waals surface area contributed by atoms with Crippen LogP contribution in [0.1, 0.15) is 20.8 Å². The molecule has 0 aromatic heterocycles. The number of aliphatic carboxylic acids is 3. The summed E-state index contributed by atoms with van der Waals surface area (Å²) < 4.78 is 0. The van der Waals surface area contributed by atoms with Gasteiger partial charge in [-0.15, -0.1) is 0 Å². The summed E-state index contributed by atoms with van der Waals surface area (Å²) in [6.07, 6.45) is 0. The maximum atomic E-state index is 9.49. The molecule has 0 heterocycles. The van der Waals surface area contributed by atoms with Gasteiger partial charge in [-0.05, 0) is 37.5 Å². The minimum atomic E-state index is -1.19. The Balaban J connectivity index is -0.0000000277. The van der Waals surface area contributed by atoms with Crippen LogP contribution in [0.4, 0.5) is 0 Å². The molecule has 0 aliphatic rings. The third kappa shape index (κ3) is 127. The Morgan fingerprint density at radius 2 is 0.556 bits per heavy atom. The molecule has 0 amide bonds. The Labute approximate surface area is 168 Å². The van der Waals surface area contributed by atoms with Crippen LogP contribution < -0.4 is 15.3 Å². The van der Waals surface area contributed by atoms with Gasteiger partial charge in [-0.1, -0.05) is 19.7 Å². The molecular formula is C16H15FeO10. The van der Waals surface area contributed by atoms with Gasteiger partial charge in [-0.3, -0.25) is 19.2 Å². The van der Waals surface area contributed by atoms with E-state index in [0.717, 1.165) is 0 Å². The molecule has 0 N–H and O–H groups in total. The van der Waals surface area contributed by atoms with Crippen LogP contribution in [0.25, 0.3) is 0 Å². The molecule has 9 radical (unpaired) electrons. The second kappa shape index (κ2) is 49.5. The number of hydrogen-bond donors (Lipinski definition) is 0. The number of carboxylic acids is 3. The Kier molecular flexibility index (Phi) is 90.8. The van der Waals surface area contributed by atoms with Crippen molar-refractivity contribution in [1.82, 2.24) is 0 Å². The second-order valence-corrected chi connectivity index (χ2v) is 3.20. The SMILES string of the molecule is C=C(C)C(=O)[O-].C=C(C)C(=O)[O-].C=C(C)C(=O)[O-].[C]=O.[C]=O.[C]=O.[C]=O.[Fe+3]. The molecule has 0 saturated carbocycles. The fourth-order valence-electron chi connectivity index (χ4n) is 0. The number of carbonyl (C=O) groups excluding carboxylic acids is 7. The Bertz CT molecular complexity index is 332. The first-order valence-corrected chi connectivity index (χ1v) is 5.35. The molecule has 0 bridgehead atoms. The van der Waals surface area contributed by atoms with Crippen LogP contribution in [-0.4, -0.2) is 45.1 Å². The quantitative estimate of drug-likeness (QED) is 0.323. The largest absolute Gasteiger partial charge is 3.00 e. The summed E-state index contributed by atoms with van der Waals surface area (Å²) >= 11 is 0. The van der Waals surface area contributed by atoms with Crippen molar-refractivity contribution >= 4 is 45.1 Å². The number of rotatable bonds is 3. The van der Waals surface area contributed by atoms with Gasteiger partial charge in [0.05, 0.1) is 17.9 Å². The van der Waals surface area contributed by atoms with Crippen molar-refractivity contribution < 1.29 is 66.0 Å².